The Morgan fingerprint density at radius 1 is 1.20 bits per heavy atom. The highest BCUT2D eigenvalue weighted by atomic mass is 35.5. The van der Waals surface area contributed by atoms with E-state index in [1.165, 1.54) is 29.8 Å². The van der Waals surface area contributed by atoms with Gasteiger partial charge in [0.15, 0.2) is 0 Å². The summed E-state index contributed by atoms with van der Waals surface area (Å²) < 4.78 is 24.3. The summed E-state index contributed by atoms with van der Waals surface area (Å²) >= 11 is 5.77. The van der Waals surface area contributed by atoms with Crippen LogP contribution in [0, 0.1) is 12.7 Å². The smallest absolute Gasteiger partial charge is 0.336 e. The van der Waals surface area contributed by atoms with Gasteiger partial charge in [0.2, 0.25) is 0 Å². The summed E-state index contributed by atoms with van der Waals surface area (Å²) in [4.78, 5) is 11.9. The van der Waals surface area contributed by atoms with E-state index in [4.69, 9.17) is 20.8 Å². The van der Waals surface area contributed by atoms with Crippen molar-refractivity contribution in [2.75, 3.05) is 0 Å². The highest BCUT2D eigenvalue weighted by Crippen LogP contribution is 2.28. The maximum atomic E-state index is 13.2. The first-order chi connectivity index (χ1) is 11.8. The van der Waals surface area contributed by atoms with Gasteiger partial charge in [-0.05, 0) is 48.2 Å². The molecule has 0 unspecified atom stereocenters. The van der Waals surface area contributed by atoms with Gasteiger partial charge in [0.1, 0.15) is 23.8 Å². The van der Waals surface area contributed by atoms with E-state index in [9.17, 15) is 9.18 Å². The van der Waals surface area contributed by atoms with Gasteiger partial charge in [-0.1, -0.05) is 25.4 Å². The van der Waals surface area contributed by atoms with Crippen LogP contribution in [0.2, 0.25) is 5.02 Å². The highest BCUT2D eigenvalue weighted by molar-refractivity contribution is 6.30. The van der Waals surface area contributed by atoms with Crippen molar-refractivity contribution in [1.29, 1.82) is 0 Å². The van der Waals surface area contributed by atoms with Crippen LogP contribution in [0.4, 0.5) is 4.39 Å². The number of hydrogen-bond donors (Lipinski definition) is 0. The second-order valence-electron chi connectivity index (χ2n) is 6.31. The van der Waals surface area contributed by atoms with Crippen LogP contribution in [0.15, 0.2) is 45.6 Å². The third-order valence-electron chi connectivity index (χ3n) is 4.12. The first-order valence-corrected chi connectivity index (χ1v) is 8.38. The second kappa shape index (κ2) is 6.89. The monoisotopic (exact) mass is 360 g/mol. The van der Waals surface area contributed by atoms with Gasteiger partial charge in [-0.15, -0.1) is 0 Å². The van der Waals surface area contributed by atoms with E-state index in [0.29, 0.717) is 22.8 Å². The Hall–Kier alpha value is -2.33. The zero-order chi connectivity index (χ0) is 18.1. The molecular weight excluding hydrogens is 343 g/mol. The molecular formula is C20H18ClFO3. The standard InChI is InChI=1S/C20H18ClFO3/c1-11(2)15-9-16-13(7-20(23)25-19(16)6-12(15)3)10-24-14-4-5-18(22)17(21)8-14/h4-9,11H,10H2,1-3H3. The van der Waals surface area contributed by atoms with Crippen LogP contribution in [0.5, 0.6) is 5.75 Å². The van der Waals surface area contributed by atoms with Crippen LogP contribution < -0.4 is 10.4 Å². The molecule has 0 spiro atoms. The minimum Gasteiger partial charge on any atom is -0.489 e. The average molecular weight is 361 g/mol. The number of halogens is 2. The lowest BCUT2D eigenvalue weighted by molar-refractivity contribution is 0.306. The fourth-order valence-corrected chi connectivity index (χ4v) is 3.03. The van der Waals surface area contributed by atoms with E-state index in [1.807, 2.05) is 19.1 Å². The SMILES string of the molecule is Cc1cc2oc(=O)cc(COc3ccc(F)c(Cl)c3)c2cc1C(C)C. The molecule has 0 saturated carbocycles. The summed E-state index contributed by atoms with van der Waals surface area (Å²) in [5.41, 5.74) is 3.08. The summed E-state index contributed by atoms with van der Waals surface area (Å²) in [5.74, 6) is 0.279. The molecule has 1 aromatic heterocycles. The highest BCUT2D eigenvalue weighted by Gasteiger charge is 2.12. The summed E-state index contributed by atoms with van der Waals surface area (Å²) in [6.45, 7) is 6.39. The molecule has 0 aliphatic carbocycles. The number of ether oxygens (including phenoxy) is 1. The van der Waals surface area contributed by atoms with Crippen molar-refractivity contribution < 1.29 is 13.5 Å². The molecule has 0 saturated heterocycles. The van der Waals surface area contributed by atoms with E-state index in [1.54, 1.807) is 0 Å². The molecule has 3 nitrogen and oxygen atoms in total. The lowest BCUT2D eigenvalue weighted by atomic mass is 9.95. The van der Waals surface area contributed by atoms with Gasteiger partial charge >= 0.3 is 5.63 Å². The molecule has 0 amide bonds. The molecule has 0 aliphatic heterocycles. The number of aryl methyl sites for hydroxylation is 1. The summed E-state index contributed by atoms with van der Waals surface area (Å²) in [6, 6.07) is 9.49. The summed E-state index contributed by atoms with van der Waals surface area (Å²) in [6.07, 6.45) is 0. The number of benzene rings is 2. The largest absolute Gasteiger partial charge is 0.489 e. The fourth-order valence-electron chi connectivity index (χ4n) is 2.86. The van der Waals surface area contributed by atoms with E-state index < -0.39 is 11.4 Å². The molecule has 0 aliphatic rings. The van der Waals surface area contributed by atoms with Crippen LogP contribution in [0.1, 0.15) is 36.5 Å². The molecule has 0 radical (unpaired) electrons. The zero-order valence-electron chi connectivity index (χ0n) is 14.2. The topological polar surface area (TPSA) is 39.4 Å². The Bertz CT molecular complexity index is 992. The van der Waals surface area contributed by atoms with Crippen LogP contribution in [0.3, 0.4) is 0 Å². The minimum atomic E-state index is -0.503. The molecule has 130 valence electrons. The van der Waals surface area contributed by atoms with E-state index in [-0.39, 0.29) is 11.6 Å². The molecule has 1 heterocycles. The lowest BCUT2D eigenvalue weighted by Gasteiger charge is -2.13. The predicted octanol–water partition coefficient (Wildman–Crippen LogP) is 5.60. The van der Waals surface area contributed by atoms with Crippen LogP contribution in [-0.2, 0) is 6.61 Å². The quantitative estimate of drug-likeness (QED) is 0.569. The molecule has 0 atom stereocenters. The first-order valence-electron chi connectivity index (χ1n) is 8.00. The van der Waals surface area contributed by atoms with Gasteiger partial charge in [-0.25, -0.2) is 9.18 Å². The van der Waals surface area contributed by atoms with Gasteiger partial charge in [-0.2, -0.15) is 0 Å². The zero-order valence-corrected chi connectivity index (χ0v) is 15.0. The fraction of sp³-hybridized carbons (Fsp3) is 0.250. The van der Waals surface area contributed by atoms with E-state index in [0.717, 1.165) is 10.9 Å². The maximum Gasteiger partial charge on any atom is 0.336 e. The third-order valence-corrected chi connectivity index (χ3v) is 4.41. The van der Waals surface area contributed by atoms with Gasteiger partial charge < -0.3 is 9.15 Å². The minimum absolute atomic E-state index is 0.00680. The van der Waals surface area contributed by atoms with Crippen molar-refractivity contribution in [2.24, 2.45) is 0 Å². The lowest BCUT2D eigenvalue weighted by Crippen LogP contribution is -2.05. The van der Waals surface area contributed by atoms with Crippen LogP contribution in [-0.4, -0.2) is 0 Å². The normalized spacial score (nSPS) is 11.3. The Kier molecular flexibility index (Phi) is 4.82. The van der Waals surface area contributed by atoms with Crippen molar-refractivity contribution in [2.45, 2.75) is 33.3 Å². The Morgan fingerprint density at radius 3 is 2.64 bits per heavy atom. The third kappa shape index (κ3) is 3.69. The van der Waals surface area contributed by atoms with Crippen molar-refractivity contribution in [1.82, 2.24) is 0 Å². The Morgan fingerprint density at radius 2 is 1.96 bits per heavy atom. The van der Waals surface area contributed by atoms with Crippen LogP contribution >= 0.6 is 11.6 Å². The van der Waals surface area contributed by atoms with Crippen molar-refractivity contribution >= 4 is 22.6 Å². The van der Waals surface area contributed by atoms with Gasteiger partial charge in [0.25, 0.3) is 0 Å². The average Bonchev–Trinajstić information content (AvgIpc) is 2.54. The van der Waals surface area contributed by atoms with Gasteiger partial charge in [0, 0.05) is 23.1 Å². The molecule has 0 N–H and O–H groups in total. The van der Waals surface area contributed by atoms with E-state index in [2.05, 4.69) is 13.8 Å². The molecule has 0 bridgehead atoms. The molecule has 3 rings (SSSR count). The second-order valence-corrected chi connectivity index (χ2v) is 6.72. The molecule has 5 heteroatoms. The predicted molar refractivity (Wildman–Crippen MR) is 97.1 cm³/mol. The number of hydrogen-bond acceptors (Lipinski definition) is 3. The van der Waals surface area contributed by atoms with E-state index >= 15 is 0 Å². The van der Waals surface area contributed by atoms with Crippen molar-refractivity contribution in [3.05, 3.63) is 74.3 Å². The Labute approximate surface area is 150 Å². The number of fused-ring (bicyclic) bond motifs is 1. The summed E-state index contributed by atoms with van der Waals surface area (Å²) in [7, 11) is 0. The molecule has 25 heavy (non-hydrogen) atoms. The summed E-state index contributed by atoms with van der Waals surface area (Å²) in [5, 5.41) is 0.828. The molecule has 2 aromatic carbocycles. The Balaban J connectivity index is 2.00. The molecule has 0 fully saturated rings. The van der Waals surface area contributed by atoms with Gasteiger partial charge in [0.05, 0.1) is 5.02 Å². The molecule has 3 aromatic rings. The van der Waals surface area contributed by atoms with Crippen molar-refractivity contribution in [3.8, 4) is 5.75 Å². The van der Waals surface area contributed by atoms with Crippen molar-refractivity contribution in [3.63, 3.8) is 0 Å². The van der Waals surface area contributed by atoms with Crippen LogP contribution in [0.25, 0.3) is 11.0 Å². The van der Waals surface area contributed by atoms with Gasteiger partial charge in [-0.3, -0.25) is 0 Å². The maximum absolute atomic E-state index is 13.2. The number of rotatable bonds is 4. The first kappa shape index (κ1) is 17.5.